The van der Waals surface area contributed by atoms with E-state index in [1.165, 1.54) is 9.08 Å². The molecule has 0 saturated carbocycles. The summed E-state index contributed by atoms with van der Waals surface area (Å²) in [5, 5.41) is 5.41. The summed E-state index contributed by atoms with van der Waals surface area (Å²) in [6.45, 7) is 6.15. The van der Waals surface area contributed by atoms with Crippen LogP contribution in [0.3, 0.4) is 0 Å². The van der Waals surface area contributed by atoms with Gasteiger partial charge >= 0.3 is 5.69 Å². The van der Waals surface area contributed by atoms with Gasteiger partial charge in [0.2, 0.25) is 0 Å². The summed E-state index contributed by atoms with van der Waals surface area (Å²) in [4.78, 5) is 19.1. The highest BCUT2D eigenvalue weighted by molar-refractivity contribution is 5.90. The predicted octanol–water partition coefficient (Wildman–Crippen LogP) is 1.11. The third-order valence-electron chi connectivity index (χ3n) is 4.16. The van der Waals surface area contributed by atoms with Gasteiger partial charge in [-0.2, -0.15) is 4.68 Å². The largest absolute Gasteiger partial charge is 0.373 e. The Kier molecular flexibility index (Phi) is 3.39. The number of nitrogens with zero attached hydrogens (tertiary/aromatic N) is 5. The van der Waals surface area contributed by atoms with Gasteiger partial charge in [-0.15, -0.1) is 5.10 Å². The van der Waals surface area contributed by atoms with Crippen molar-refractivity contribution in [2.24, 2.45) is 0 Å². The van der Waals surface area contributed by atoms with E-state index in [-0.39, 0.29) is 17.9 Å². The van der Waals surface area contributed by atoms with Gasteiger partial charge in [-0.05, 0) is 26.0 Å². The lowest BCUT2D eigenvalue weighted by molar-refractivity contribution is -0.0778. The van der Waals surface area contributed by atoms with Crippen molar-refractivity contribution in [2.75, 3.05) is 13.1 Å². The number of rotatable bonds is 2. The van der Waals surface area contributed by atoms with Crippen LogP contribution >= 0.6 is 0 Å². The normalized spacial score (nSPS) is 22.9. The van der Waals surface area contributed by atoms with Gasteiger partial charge < -0.3 is 4.74 Å². The van der Waals surface area contributed by atoms with Crippen LogP contribution in [0.15, 0.2) is 35.4 Å². The first-order valence-corrected chi connectivity index (χ1v) is 7.82. The minimum absolute atomic E-state index is 0.161. The van der Waals surface area contributed by atoms with Crippen LogP contribution < -0.4 is 5.69 Å². The quantitative estimate of drug-likeness (QED) is 0.709. The van der Waals surface area contributed by atoms with E-state index in [9.17, 15) is 4.79 Å². The molecule has 1 fully saturated rings. The Bertz CT molecular complexity index is 906. The predicted molar refractivity (Wildman–Crippen MR) is 86.3 cm³/mol. The first-order valence-electron chi connectivity index (χ1n) is 7.82. The van der Waals surface area contributed by atoms with E-state index >= 15 is 0 Å². The van der Waals surface area contributed by atoms with Gasteiger partial charge in [-0.3, -0.25) is 4.90 Å². The fraction of sp³-hybridized carbons (Fsp3) is 0.438. The molecule has 0 bridgehead atoms. The molecule has 0 N–H and O–H groups in total. The molecule has 0 radical (unpaired) electrons. The van der Waals surface area contributed by atoms with E-state index < -0.39 is 0 Å². The van der Waals surface area contributed by atoms with E-state index in [4.69, 9.17) is 4.74 Å². The first kappa shape index (κ1) is 14.3. The summed E-state index contributed by atoms with van der Waals surface area (Å²) in [7, 11) is 0. The van der Waals surface area contributed by atoms with Crippen molar-refractivity contribution in [1.82, 2.24) is 24.1 Å². The third kappa shape index (κ3) is 2.51. The zero-order chi connectivity index (χ0) is 16.0. The Morgan fingerprint density at radius 2 is 1.96 bits per heavy atom. The first-order chi connectivity index (χ1) is 11.1. The maximum absolute atomic E-state index is 12.6. The van der Waals surface area contributed by atoms with E-state index in [2.05, 4.69) is 15.0 Å². The topological polar surface area (TPSA) is 64.7 Å². The van der Waals surface area contributed by atoms with Gasteiger partial charge in [-0.1, -0.05) is 12.1 Å². The van der Waals surface area contributed by atoms with Crippen LogP contribution in [-0.4, -0.2) is 49.4 Å². The van der Waals surface area contributed by atoms with Crippen LogP contribution in [0.1, 0.15) is 13.8 Å². The summed E-state index contributed by atoms with van der Waals surface area (Å²) >= 11 is 0. The Morgan fingerprint density at radius 3 is 2.74 bits per heavy atom. The molecule has 0 amide bonds. The Morgan fingerprint density at radius 1 is 1.22 bits per heavy atom. The summed E-state index contributed by atoms with van der Waals surface area (Å²) < 4.78 is 8.75. The van der Waals surface area contributed by atoms with Gasteiger partial charge in [-0.25, -0.2) is 14.2 Å². The van der Waals surface area contributed by atoms with Crippen LogP contribution in [0.5, 0.6) is 0 Å². The molecule has 7 heteroatoms. The zero-order valence-electron chi connectivity index (χ0n) is 13.2. The molecule has 0 spiro atoms. The Balaban J connectivity index is 1.74. The van der Waals surface area contributed by atoms with Crippen LogP contribution in [0.2, 0.25) is 0 Å². The van der Waals surface area contributed by atoms with Crippen molar-refractivity contribution < 1.29 is 4.74 Å². The summed E-state index contributed by atoms with van der Waals surface area (Å²) in [6.07, 6.45) is 1.87. The van der Waals surface area contributed by atoms with Gasteiger partial charge in [0, 0.05) is 18.5 Å². The van der Waals surface area contributed by atoms with E-state index in [1.807, 2.05) is 38.1 Å². The number of morpholine rings is 1. The summed E-state index contributed by atoms with van der Waals surface area (Å²) in [5.74, 6) is 0. The molecule has 120 valence electrons. The molecule has 3 heterocycles. The number of aromatic nitrogens is 4. The lowest BCUT2D eigenvalue weighted by atomic mass is 10.2. The standard InChI is InChI=1S/C16H19N5O2/c1-11-7-19(8-12(2)23-11)10-21-16(22)20-9-17-14-6-4-3-5-13(14)15(20)18-21/h3-6,9,11-12H,7-8,10H2,1-2H3. The van der Waals surface area contributed by atoms with Crippen LogP contribution in [0.4, 0.5) is 0 Å². The van der Waals surface area contributed by atoms with Crippen molar-refractivity contribution in [3.63, 3.8) is 0 Å². The molecular weight excluding hydrogens is 294 g/mol. The number of hydrogen-bond donors (Lipinski definition) is 0. The van der Waals surface area contributed by atoms with Crippen molar-refractivity contribution in [1.29, 1.82) is 0 Å². The maximum Gasteiger partial charge on any atom is 0.352 e. The smallest absolute Gasteiger partial charge is 0.352 e. The van der Waals surface area contributed by atoms with Crippen molar-refractivity contribution in [3.8, 4) is 0 Å². The monoisotopic (exact) mass is 313 g/mol. The summed E-state index contributed by atoms with van der Waals surface area (Å²) in [6, 6.07) is 7.72. The second-order valence-corrected chi connectivity index (χ2v) is 6.17. The molecule has 7 nitrogen and oxygen atoms in total. The highest BCUT2D eigenvalue weighted by atomic mass is 16.5. The minimum atomic E-state index is -0.162. The second-order valence-electron chi connectivity index (χ2n) is 6.17. The van der Waals surface area contributed by atoms with Crippen molar-refractivity contribution in [2.45, 2.75) is 32.7 Å². The molecule has 3 aromatic rings. The fourth-order valence-corrected chi connectivity index (χ4v) is 3.28. The highest BCUT2D eigenvalue weighted by Crippen LogP contribution is 2.15. The maximum atomic E-state index is 12.6. The number of fused-ring (bicyclic) bond motifs is 3. The molecule has 2 unspecified atom stereocenters. The van der Waals surface area contributed by atoms with Gasteiger partial charge in [0.05, 0.1) is 24.4 Å². The van der Waals surface area contributed by atoms with Crippen LogP contribution in [0, 0.1) is 0 Å². The molecule has 1 saturated heterocycles. The zero-order valence-corrected chi connectivity index (χ0v) is 13.2. The average Bonchev–Trinajstić information content (AvgIpc) is 2.83. The van der Waals surface area contributed by atoms with Gasteiger partial charge in [0.25, 0.3) is 0 Å². The highest BCUT2D eigenvalue weighted by Gasteiger charge is 2.23. The average molecular weight is 313 g/mol. The lowest BCUT2D eigenvalue weighted by Gasteiger charge is -2.34. The molecule has 0 aliphatic carbocycles. The number of ether oxygens (including phenoxy) is 1. The SMILES string of the molecule is CC1CN(Cn2nc3c4ccccc4ncn3c2=O)CC(C)O1. The molecule has 2 atom stereocenters. The fourth-order valence-electron chi connectivity index (χ4n) is 3.28. The Labute approximate surface area is 133 Å². The molecule has 2 aromatic heterocycles. The minimum Gasteiger partial charge on any atom is -0.373 e. The molecule has 1 aliphatic heterocycles. The van der Waals surface area contributed by atoms with Gasteiger partial charge in [0.1, 0.15) is 6.33 Å². The van der Waals surface area contributed by atoms with E-state index in [1.54, 1.807) is 6.33 Å². The van der Waals surface area contributed by atoms with Gasteiger partial charge in [0.15, 0.2) is 5.65 Å². The number of hydrogen-bond acceptors (Lipinski definition) is 5. The summed E-state index contributed by atoms with van der Waals surface area (Å²) in [5.41, 5.74) is 1.32. The lowest BCUT2D eigenvalue weighted by Crippen LogP contribution is -2.47. The second kappa shape index (κ2) is 5.43. The van der Waals surface area contributed by atoms with E-state index in [0.29, 0.717) is 12.3 Å². The molecule has 23 heavy (non-hydrogen) atoms. The van der Waals surface area contributed by atoms with E-state index in [0.717, 1.165) is 24.0 Å². The molecular formula is C16H19N5O2. The van der Waals surface area contributed by atoms with Crippen molar-refractivity contribution in [3.05, 3.63) is 41.1 Å². The van der Waals surface area contributed by atoms with Crippen LogP contribution in [-0.2, 0) is 11.4 Å². The number of benzene rings is 1. The molecule has 1 aliphatic rings. The number of para-hydroxylation sites is 1. The molecule has 1 aromatic carbocycles. The van der Waals surface area contributed by atoms with Crippen molar-refractivity contribution >= 4 is 16.6 Å². The Hall–Kier alpha value is -2.25. The van der Waals surface area contributed by atoms with Crippen LogP contribution in [0.25, 0.3) is 16.6 Å². The third-order valence-corrected chi connectivity index (χ3v) is 4.16. The molecule has 4 rings (SSSR count).